The predicted octanol–water partition coefficient (Wildman–Crippen LogP) is 1.97. The Bertz CT molecular complexity index is 1160. The number of pyridine rings is 1. The van der Waals surface area contributed by atoms with Crippen LogP contribution in [-0.2, 0) is 11.2 Å². The van der Waals surface area contributed by atoms with Crippen LogP contribution >= 0.6 is 0 Å². The van der Waals surface area contributed by atoms with Gasteiger partial charge in [-0.15, -0.1) is 0 Å². The van der Waals surface area contributed by atoms with Crippen LogP contribution in [0.5, 0.6) is 5.88 Å². The van der Waals surface area contributed by atoms with E-state index in [2.05, 4.69) is 10.3 Å². The second kappa shape index (κ2) is 8.18. The first kappa shape index (κ1) is 18.9. The standard InChI is InChI=1S/C21H18N4O3/c1-14-6-5-11-25-18(14)24-20(27)17(21(25)28)12-16(13-22)19(26)23-10-9-15-7-3-2-4-8-15/h2-8,11-12,27H,9-10H2,1H3,(H,23,26)/b16-12+. The summed E-state index contributed by atoms with van der Waals surface area (Å²) in [5, 5.41) is 22.1. The molecule has 0 fully saturated rings. The zero-order valence-corrected chi connectivity index (χ0v) is 15.2. The van der Waals surface area contributed by atoms with Gasteiger partial charge >= 0.3 is 0 Å². The highest BCUT2D eigenvalue weighted by molar-refractivity contribution is 6.01. The van der Waals surface area contributed by atoms with Crippen molar-refractivity contribution >= 4 is 17.6 Å². The number of hydrogen-bond acceptors (Lipinski definition) is 5. The molecule has 2 heterocycles. The van der Waals surface area contributed by atoms with Crippen LogP contribution in [-0.4, -0.2) is 26.9 Å². The van der Waals surface area contributed by atoms with E-state index in [9.17, 15) is 20.0 Å². The summed E-state index contributed by atoms with van der Waals surface area (Å²) in [5.41, 5.74) is 1.02. The maximum absolute atomic E-state index is 12.7. The smallest absolute Gasteiger partial charge is 0.269 e. The number of carbonyl (C=O) groups is 1. The molecule has 3 aromatic rings. The van der Waals surface area contributed by atoms with Gasteiger partial charge in [0.25, 0.3) is 11.5 Å². The number of aromatic hydroxyl groups is 1. The second-order valence-corrected chi connectivity index (χ2v) is 6.20. The first-order valence-corrected chi connectivity index (χ1v) is 8.66. The van der Waals surface area contributed by atoms with Gasteiger partial charge in [0.05, 0.1) is 0 Å². The Hall–Kier alpha value is -3.92. The molecule has 3 rings (SSSR count). The highest BCUT2D eigenvalue weighted by atomic mass is 16.3. The lowest BCUT2D eigenvalue weighted by molar-refractivity contribution is -0.117. The van der Waals surface area contributed by atoms with Crippen LogP contribution < -0.4 is 10.9 Å². The molecule has 140 valence electrons. The average Bonchev–Trinajstić information content (AvgIpc) is 2.70. The Labute approximate surface area is 161 Å². The highest BCUT2D eigenvalue weighted by Gasteiger charge is 2.15. The molecule has 0 aliphatic heterocycles. The third-order valence-corrected chi connectivity index (χ3v) is 4.26. The number of carbonyl (C=O) groups excluding carboxylic acids is 1. The molecule has 28 heavy (non-hydrogen) atoms. The molecule has 0 aliphatic carbocycles. The Balaban J connectivity index is 1.85. The summed E-state index contributed by atoms with van der Waals surface area (Å²) in [6.07, 6.45) is 3.19. The van der Waals surface area contributed by atoms with Gasteiger partial charge in [-0.3, -0.25) is 14.0 Å². The van der Waals surface area contributed by atoms with Gasteiger partial charge in [-0.1, -0.05) is 36.4 Å². The number of aromatic nitrogens is 2. The van der Waals surface area contributed by atoms with Crippen LogP contribution in [0.25, 0.3) is 11.7 Å². The Morgan fingerprint density at radius 3 is 2.75 bits per heavy atom. The van der Waals surface area contributed by atoms with Crippen LogP contribution in [0.2, 0.25) is 0 Å². The second-order valence-electron chi connectivity index (χ2n) is 6.20. The fourth-order valence-corrected chi connectivity index (χ4v) is 2.78. The van der Waals surface area contributed by atoms with Gasteiger partial charge in [0.15, 0.2) is 0 Å². The molecule has 2 N–H and O–H groups in total. The number of rotatable bonds is 5. The van der Waals surface area contributed by atoms with E-state index in [1.54, 1.807) is 25.1 Å². The first-order chi connectivity index (χ1) is 13.5. The van der Waals surface area contributed by atoms with Crippen molar-refractivity contribution in [2.75, 3.05) is 6.54 Å². The minimum Gasteiger partial charge on any atom is -0.493 e. The van der Waals surface area contributed by atoms with Gasteiger partial charge in [-0.2, -0.15) is 10.2 Å². The number of nitriles is 1. The van der Waals surface area contributed by atoms with Gasteiger partial charge < -0.3 is 10.4 Å². The number of hydrogen-bond donors (Lipinski definition) is 2. The molecule has 1 aromatic carbocycles. The van der Waals surface area contributed by atoms with E-state index in [4.69, 9.17) is 0 Å². The summed E-state index contributed by atoms with van der Waals surface area (Å²) in [6, 6.07) is 14.8. The SMILES string of the molecule is Cc1cccn2c(=O)c(/C=C(\C#N)C(=O)NCCc3ccccc3)c(O)nc12. The summed E-state index contributed by atoms with van der Waals surface area (Å²) < 4.78 is 1.27. The van der Waals surface area contributed by atoms with Crippen LogP contribution in [0, 0.1) is 18.3 Å². The van der Waals surface area contributed by atoms with E-state index in [1.807, 2.05) is 30.3 Å². The molecule has 1 amide bonds. The molecule has 7 heteroatoms. The molecule has 0 unspecified atom stereocenters. The number of nitrogens with zero attached hydrogens (tertiary/aromatic N) is 3. The van der Waals surface area contributed by atoms with Crippen molar-refractivity contribution in [3.05, 3.63) is 81.3 Å². The van der Waals surface area contributed by atoms with Gasteiger partial charge in [0.2, 0.25) is 5.88 Å². The Kier molecular flexibility index (Phi) is 5.51. The molecular weight excluding hydrogens is 356 g/mol. The van der Waals surface area contributed by atoms with Crippen molar-refractivity contribution in [2.45, 2.75) is 13.3 Å². The van der Waals surface area contributed by atoms with Gasteiger partial charge in [0, 0.05) is 12.7 Å². The van der Waals surface area contributed by atoms with Crippen molar-refractivity contribution in [2.24, 2.45) is 0 Å². The Morgan fingerprint density at radius 2 is 2.04 bits per heavy atom. The fraction of sp³-hybridized carbons (Fsp3) is 0.143. The summed E-state index contributed by atoms with van der Waals surface area (Å²) >= 11 is 0. The molecule has 0 aliphatic rings. The summed E-state index contributed by atoms with van der Waals surface area (Å²) in [5.74, 6) is -1.14. The normalized spacial score (nSPS) is 11.2. The third kappa shape index (κ3) is 3.91. The largest absolute Gasteiger partial charge is 0.493 e. The van der Waals surface area contributed by atoms with Crippen LogP contribution in [0.3, 0.4) is 0 Å². The molecule has 0 atom stereocenters. The van der Waals surface area contributed by atoms with Crippen molar-refractivity contribution in [1.82, 2.24) is 14.7 Å². The van der Waals surface area contributed by atoms with E-state index in [1.165, 1.54) is 10.6 Å². The summed E-state index contributed by atoms with van der Waals surface area (Å²) in [4.78, 5) is 29.0. The van der Waals surface area contributed by atoms with E-state index in [0.717, 1.165) is 11.6 Å². The zero-order chi connectivity index (χ0) is 20.1. The fourth-order valence-electron chi connectivity index (χ4n) is 2.78. The zero-order valence-electron chi connectivity index (χ0n) is 15.2. The molecular formula is C21H18N4O3. The third-order valence-electron chi connectivity index (χ3n) is 4.26. The number of aryl methyl sites for hydroxylation is 1. The van der Waals surface area contributed by atoms with Gasteiger partial charge in [0.1, 0.15) is 22.9 Å². The van der Waals surface area contributed by atoms with Crippen molar-refractivity contribution < 1.29 is 9.90 Å². The lowest BCUT2D eigenvalue weighted by Gasteiger charge is -2.07. The number of benzene rings is 1. The van der Waals surface area contributed by atoms with Gasteiger partial charge in [-0.25, -0.2) is 0 Å². The minimum absolute atomic E-state index is 0.210. The highest BCUT2D eigenvalue weighted by Crippen LogP contribution is 2.16. The minimum atomic E-state index is -0.619. The summed E-state index contributed by atoms with van der Waals surface area (Å²) in [6.45, 7) is 2.10. The number of amides is 1. The topological polar surface area (TPSA) is 107 Å². The van der Waals surface area contributed by atoms with Crippen LogP contribution in [0.4, 0.5) is 0 Å². The molecule has 0 radical (unpaired) electrons. The van der Waals surface area contributed by atoms with Crippen molar-refractivity contribution in [3.63, 3.8) is 0 Å². The van der Waals surface area contributed by atoms with E-state index in [-0.39, 0.29) is 11.1 Å². The Morgan fingerprint density at radius 1 is 1.29 bits per heavy atom. The van der Waals surface area contributed by atoms with E-state index >= 15 is 0 Å². The molecule has 0 bridgehead atoms. The molecule has 2 aromatic heterocycles. The van der Waals surface area contributed by atoms with Crippen molar-refractivity contribution in [3.8, 4) is 11.9 Å². The molecule has 7 nitrogen and oxygen atoms in total. The lowest BCUT2D eigenvalue weighted by atomic mass is 10.1. The summed E-state index contributed by atoms with van der Waals surface area (Å²) in [7, 11) is 0. The van der Waals surface area contributed by atoms with Gasteiger partial charge in [-0.05, 0) is 36.6 Å². The van der Waals surface area contributed by atoms with Crippen LogP contribution in [0.15, 0.2) is 59.0 Å². The molecule has 0 saturated heterocycles. The number of fused-ring (bicyclic) bond motifs is 1. The molecule has 0 saturated carbocycles. The molecule has 0 spiro atoms. The lowest BCUT2D eigenvalue weighted by Crippen LogP contribution is -2.27. The first-order valence-electron chi connectivity index (χ1n) is 8.66. The maximum atomic E-state index is 12.7. The van der Waals surface area contributed by atoms with Crippen molar-refractivity contribution in [1.29, 1.82) is 5.26 Å². The van der Waals surface area contributed by atoms with E-state index in [0.29, 0.717) is 24.2 Å². The monoisotopic (exact) mass is 374 g/mol. The van der Waals surface area contributed by atoms with E-state index < -0.39 is 17.3 Å². The quantitative estimate of drug-likeness (QED) is 0.524. The average molecular weight is 374 g/mol. The maximum Gasteiger partial charge on any atom is 0.269 e. The number of nitrogens with one attached hydrogen (secondary N) is 1. The van der Waals surface area contributed by atoms with Crippen LogP contribution in [0.1, 0.15) is 16.7 Å². The predicted molar refractivity (Wildman–Crippen MR) is 105 cm³/mol.